The van der Waals surface area contributed by atoms with E-state index >= 15 is 0 Å². The van der Waals surface area contributed by atoms with Crippen molar-refractivity contribution in [3.63, 3.8) is 0 Å². The van der Waals surface area contributed by atoms with Crippen molar-refractivity contribution in [2.45, 2.75) is 11.7 Å². The van der Waals surface area contributed by atoms with Crippen molar-refractivity contribution < 1.29 is 28.8 Å². The molecule has 7 rings (SSSR count). The highest BCUT2D eigenvalue weighted by Crippen LogP contribution is 2.63. The van der Waals surface area contributed by atoms with E-state index in [0.29, 0.717) is 55.3 Å². The number of fused-ring (bicyclic) bond motifs is 4. The summed E-state index contributed by atoms with van der Waals surface area (Å²) >= 11 is 0. The number of hydrogen-bond acceptors (Lipinski definition) is 6. The van der Waals surface area contributed by atoms with E-state index in [1.54, 1.807) is 121 Å². The number of rotatable bonds is 4. The standard InChI is InChI=1S/C32H24O6P2/c33-31(39(35)27-13-5-1-9-23(27)37-24-10-2-6-14-28(24)39)21-17-19-22(20-18-21)32(34)40(36)29-15-7-3-11-25(29)38-26-12-4-8-16-30(26)40/h1-20,31-34H. The highest BCUT2D eigenvalue weighted by atomic mass is 31.2. The molecule has 0 amide bonds. The third kappa shape index (κ3) is 3.58. The van der Waals surface area contributed by atoms with Crippen LogP contribution in [-0.4, -0.2) is 10.2 Å². The van der Waals surface area contributed by atoms with Crippen LogP contribution in [0.2, 0.25) is 0 Å². The summed E-state index contributed by atoms with van der Waals surface area (Å²) in [4.78, 5) is 0. The van der Waals surface area contributed by atoms with Gasteiger partial charge in [-0.2, -0.15) is 0 Å². The lowest BCUT2D eigenvalue weighted by Crippen LogP contribution is -2.28. The Morgan fingerprint density at radius 1 is 0.425 bits per heavy atom. The lowest BCUT2D eigenvalue weighted by molar-refractivity contribution is 0.252. The van der Waals surface area contributed by atoms with Crippen LogP contribution in [0.4, 0.5) is 0 Å². The molecule has 2 aliphatic rings. The second-order valence-corrected chi connectivity index (χ2v) is 15.3. The molecule has 0 aliphatic carbocycles. The largest absolute Gasteiger partial charge is 0.456 e. The molecule has 0 fully saturated rings. The van der Waals surface area contributed by atoms with Gasteiger partial charge in [0.1, 0.15) is 34.7 Å². The van der Waals surface area contributed by atoms with E-state index in [-0.39, 0.29) is 0 Å². The molecule has 2 heterocycles. The van der Waals surface area contributed by atoms with E-state index in [0.717, 1.165) is 0 Å². The van der Waals surface area contributed by atoms with Crippen LogP contribution < -0.4 is 30.7 Å². The summed E-state index contributed by atoms with van der Waals surface area (Å²) in [6, 6.07) is 34.7. The number of ether oxygens (including phenoxy) is 2. The van der Waals surface area contributed by atoms with Crippen LogP contribution in [0, 0.1) is 0 Å². The van der Waals surface area contributed by atoms with Gasteiger partial charge in [-0.3, -0.25) is 0 Å². The van der Waals surface area contributed by atoms with Gasteiger partial charge < -0.3 is 28.8 Å². The topological polar surface area (TPSA) is 93.1 Å². The van der Waals surface area contributed by atoms with E-state index < -0.39 is 26.0 Å². The summed E-state index contributed by atoms with van der Waals surface area (Å²) in [7, 11) is -7.15. The van der Waals surface area contributed by atoms with Crippen LogP contribution in [-0.2, 0) is 9.13 Å². The second kappa shape index (κ2) is 9.33. The molecule has 2 N–H and O–H groups in total. The summed E-state index contributed by atoms with van der Waals surface area (Å²) in [6.07, 6.45) is 0. The second-order valence-electron chi connectivity index (χ2n) is 9.80. The van der Waals surface area contributed by atoms with Gasteiger partial charge in [-0.1, -0.05) is 72.8 Å². The van der Waals surface area contributed by atoms with E-state index in [2.05, 4.69) is 0 Å². The summed E-state index contributed by atoms with van der Waals surface area (Å²) in [6.45, 7) is 0. The Balaban J connectivity index is 1.29. The minimum Gasteiger partial charge on any atom is -0.456 e. The first kappa shape index (κ1) is 25.1. The van der Waals surface area contributed by atoms with Crippen molar-refractivity contribution in [1.29, 1.82) is 0 Å². The molecule has 8 heteroatoms. The number of para-hydroxylation sites is 4. The summed E-state index contributed by atoms with van der Waals surface area (Å²) in [5.41, 5.74) is 0.827. The van der Waals surface area contributed by atoms with Crippen molar-refractivity contribution >= 4 is 35.5 Å². The zero-order chi connectivity index (χ0) is 27.5. The van der Waals surface area contributed by atoms with E-state index in [1.165, 1.54) is 0 Å². The van der Waals surface area contributed by atoms with Gasteiger partial charge in [0.15, 0.2) is 14.3 Å². The van der Waals surface area contributed by atoms with E-state index in [9.17, 15) is 19.3 Å². The molecule has 0 spiro atoms. The highest BCUT2D eigenvalue weighted by molar-refractivity contribution is 7.79. The maximum atomic E-state index is 14.7. The van der Waals surface area contributed by atoms with Gasteiger partial charge in [-0.05, 0) is 59.7 Å². The molecule has 40 heavy (non-hydrogen) atoms. The molecule has 2 atom stereocenters. The van der Waals surface area contributed by atoms with Gasteiger partial charge >= 0.3 is 0 Å². The molecule has 198 valence electrons. The predicted octanol–water partition coefficient (Wildman–Crippen LogP) is 5.91. The predicted molar refractivity (Wildman–Crippen MR) is 156 cm³/mol. The maximum absolute atomic E-state index is 14.7. The van der Waals surface area contributed by atoms with Gasteiger partial charge in [-0.15, -0.1) is 0 Å². The molecular formula is C32H24O6P2. The van der Waals surface area contributed by atoms with Crippen molar-refractivity contribution in [2.24, 2.45) is 0 Å². The fourth-order valence-corrected chi connectivity index (χ4v) is 11.3. The molecule has 5 aromatic carbocycles. The van der Waals surface area contributed by atoms with Gasteiger partial charge in [-0.25, -0.2) is 0 Å². The number of hydrogen-bond donors (Lipinski definition) is 2. The minimum absolute atomic E-state index is 0.414. The monoisotopic (exact) mass is 566 g/mol. The van der Waals surface area contributed by atoms with Crippen LogP contribution in [0.1, 0.15) is 22.8 Å². The van der Waals surface area contributed by atoms with Crippen molar-refractivity contribution in [1.82, 2.24) is 0 Å². The summed E-state index contributed by atoms with van der Waals surface area (Å²) in [5, 5.41) is 25.1. The number of aliphatic hydroxyl groups excluding tert-OH is 2. The van der Waals surface area contributed by atoms with Gasteiger partial charge in [0, 0.05) is 0 Å². The number of benzene rings is 5. The van der Waals surface area contributed by atoms with E-state index in [4.69, 9.17) is 9.47 Å². The minimum atomic E-state index is -3.58. The van der Waals surface area contributed by atoms with Crippen LogP contribution in [0.3, 0.4) is 0 Å². The maximum Gasteiger partial charge on any atom is 0.181 e. The Morgan fingerprint density at radius 2 is 0.675 bits per heavy atom. The summed E-state index contributed by atoms with van der Waals surface area (Å²) < 4.78 is 41.4. The Morgan fingerprint density at radius 3 is 0.950 bits per heavy atom. The van der Waals surface area contributed by atoms with Crippen LogP contribution in [0.15, 0.2) is 121 Å². The molecule has 0 saturated carbocycles. The third-order valence-corrected chi connectivity index (χ3v) is 13.9. The molecule has 2 unspecified atom stereocenters. The lowest BCUT2D eigenvalue weighted by Gasteiger charge is -2.32. The van der Waals surface area contributed by atoms with Crippen LogP contribution in [0.5, 0.6) is 23.0 Å². The Bertz CT molecular complexity index is 1630. The fraction of sp³-hybridized carbons (Fsp3) is 0.0625. The zero-order valence-electron chi connectivity index (χ0n) is 21.1. The average molecular weight is 566 g/mol. The van der Waals surface area contributed by atoms with Crippen LogP contribution >= 0.6 is 14.3 Å². The molecule has 6 nitrogen and oxygen atoms in total. The molecule has 0 saturated heterocycles. The fourth-order valence-electron chi connectivity index (χ4n) is 5.56. The van der Waals surface area contributed by atoms with Crippen molar-refractivity contribution in [2.75, 3.05) is 0 Å². The van der Waals surface area contributed by atoms with Gasteiger partial charge in [0.05, 0.1) is 21.2 Å². The van der Waals surface area contributed by atoms with E-state index in [1.807, 2.05) is 0 Å². The molecular weight excluding hydrogens is 542 g/mol. The Labute approximate surface area is 231 Å². The summed E-state index contributed by atoms with van der Waals surface area (Å²) in [5.74, 6) is -0.914. The molecule has 2 aliphatic heterocycles. The first-order chi connectivity index (χ1) is 19.4. The normalized spacial score (nSPS) is 17.1. The first-order valence-corrected chi connectivity index (χ1v) is 16.4. The van der Waals surface area contributed by atoms with Crippen molar-refractivity contribution in [3.8, 4) is 23.0 Å². The smallest absolute Gasteiger partial charge is 0.181 e. The SMILES string of the molecule is O=P1(C(O)c2ccc(C(O)P3(=O)c4ccccc4Oc4ccccc43)cc2)c2ccccc2Oc2ccccc21. The van der Waals surface area contributed by atoms with Crippen molar-refractivity contribution in [3.05, 3.63) is 132 Å². The first-order valence-electron chi connectivity index (χ1n) is 12.8. The van der Waals surface area contributed by atoms with Gasteiger partial charge in [0.25, 0.3) is 0 Å². The third-order valence-electron chi connectivity index (χ3n) is 7.55. The van der Waals surface area contributed by atoms with Gasteiger partial charge in [0.2, 0.25) is 0 Å². The average Bonchev–Trinajstić information content (AvgIpc) is 3.01. The molecule has 5 aromatic rings. The zero-order valence-corrected chi connectivity index (χ0v) is 22.9. The van der Waals surface area contributed by atoms with Crippen LogP contribution in [0.25, 0.3) is 0 Å². The molecule has 0 aromatic heterocycles. The Kier molecular flexibility index (Phi) is 5.85. The quantitative estimate of drug-likeness (QED) is 0.263. The Hall–Kier alpha value is -3.92. The number of aliphatic hydroxyl groups is 2. The lowest BCUT2D eigenvalue weighted by atomic mass is 10.1. The molecule has 0 bridgehead atoms. The molecule has 0 radical (unpaired) electrons. The highest BCUT2D eigenvalue weighted by Gasteiger charge is 2.45.